The van der Waals surface area contributed by atoms with E-state index in [9.17, 15) is 9.59 Å². The molecule has 5 rings (SSSR count). The Morgan fingerprint density at radius 2 is 1.38 bits per heavy atom. The molecule has 1 heterocycles. The molecule has 10 heteroatoms. The number of rotatable bonds is 13. The van der Waals surface area contributed by atoms with E-state index in [-0.39, 0.29) is 17.1 Å². The van der Waals surface area contributed by atoms with Crippen LogP contribution in [0, 0.1) is 0 Å². The number of aromatic nitrogens is 1. The molecule has 0 radical (unpaired) electrons. The van der Waals surface area contributed by atoms with Gasteiger partial charge in [0, 0.05) is 17.1 Å². The molecule has 10 nitrogen and oxygen atoms in total. The summed E-state index contributed by atoms with van der Waals surface area (Å²) >= 11 is 0. The van der Waals surface area contributed by atoms with E-state index in [1.54, 1.807) is 38.5 Å². The molecule has 0 saturated carbocycles. The number of methoxy groups -OCH3 is 5. The van der Waals surface area contributed by atoms with E-state index in [2.05, 4.69) is 15.6 Å². The second kappa shape index (κ2) is 14.0. The molecule has 0 saturated heterocycles. The van der Waals surface area contributed by atoms with Crippen molar-refractivity contribution in [2.75, 3.05) is 54.0 Å². The molecule has 0 aliphatic carbocycles. The Morgan fingerprint density at radius 1 is 0.711 bits per heavy atom. The third-order valence-electron chi connectivity index (χ3n) is 7.71. The number of benzene rings is 4. The quantitative estimate of drug-likeness (QED) is 0.120. The number of anilines is 1. The first-order valence-corrected chi connectivity index (χ1v) is 14.5. The van der Waals surface area contributed by atoms with Crippen LogP contribution < -0.4 is 39.7 Å². The van der Waals surface area contributed by atoms with Gasteiger partial charge < -0.3 is 39.3 Å². The number of amides is 1. The van der Waals surface area contributed by atoms with Gasteiger partial charge in [-0.15, -0.1) is 0 Å². The van der Waals surface area contributed by atoms with Crippen molar-refractivity contribution in [3.63, 3.8) is 0 Å². The van der Waals surface area contributed by atoms with Crippen molar-refractivity contribution in [3.05, 3.63) is 93.6 Å². The van der Waals surface area contributed by atoms with Gasteiger partial charge in [0.1, 0.15) is 0 Å². The zero-order valence-electron chi connectivity index (χ0n) is 26.0. The number of carbonyl (C=O) groups is 1. The van der Waals surface area contributed by atoms with Crippen molar-refractivity contribution in [2.45, 2.75) is 12.8 Å². The molecule has 0 aliphatic heterocycles. The standard InChI is InChI=1S/C35H37N3O7/c1-41-27-14-11-22(19-28(27)42-2)16-18-36-17-15-21-9-12-23(13-10-21)37-35(40)25-8-6-7-24-31(25)38-26-20-29(43-3)33(44-4)34(45-5)30(26)32(24)39/h6-14,19-20,36H,15-18H2,1-5H3,(H,37,40)(H,38,39). The van der Waals surface area contributed by atoms with Crippen LogP contribution in [0.4, 0.5) is 5.69 Å². The SMILES string of the molecule is COc1ccc(CCNCCc2ccc(NC(=O)c3cccc4c(=O)c5c(OC)c(OC)c(OC)cc5[nH]c34)cc2)cc1OC. The topological polar surface area (TPSA) is 120 Å². The van der Waals surface area contributed by atoms with Crippen LogP contribution in [-0.4, -0.2) is 59.5 Å². The Labute approximate surface area is 261 Å². The fourth-order valence-electron chi connectivity index (χ4n) is 5.39. The molecule has 45 heavy (non-hydrogen) atoms. The summed E-state index contributed by atoms with van der Waals surface area (Å²) in [6, 6.07) is 20.4. The average Bonchev–Trinajstić information content (AvgIpc) is 3.07. The lowest BCUT2D eigenvalue weighted by molar-refractivity contribution is 0.102. The minimum atomic E-state index is -0.340. The molecule has 1 aromatic heterocycles. The normalized spacial score (nSPS) is 11.0. The Morgan fingerprint density at radius 3 is 2.04 bits per heavy atom. The summed E-state index contributed by atoms with van der Waals surface area (Å²) in [6.07, 6.45) is 1.71. The Balaban J connectivity index is 1.25. The molecular weight excluding hydrogens is 574 g/mol. The molecule has 1 amide bonds. The summed E-state index contributed by atoms with van der Waals surface area (Å²) in [5.41, 5.74) is 3.89. The summed E-state index contributed by atoms with van der Waals surface area (Å²) in [5.74, 6) is 2.09. The molecular formula is C35H37N3O7. The molecule has 0 fully saturated rings. The maximum Gasteiger partial charge on any atom is 0.257 e. The Kier molecular flexibility index (Phi) is 9.74. The first-order valence-electron chi connectivity index (χ1n) is 14.5. The van der Waals surface area contributed by atoms with E-state index in [1.807, 2.05) is 42.5 Å². The zero-order chi connectivity index (χ0) is 31.9. The largest absolute Gasteiger partial charge is 0.493 e. The zero-order valence-corrected chi connectivity index (χ0v) is 26.0. The molecule has 0 unspecified atom stereocenters. The summed E-state index contributed by atoms with van der Waals surface area (Å²) < 4.78 is 27.1. The molecule has 0 bridgehead atoms. The fourth-order valence-corrected chi connectivity index (χ4v) is 5.39. The minimum absolute atomic E-state index is 0.262. The second-order valence-electron chi connectivity index (χ2n) is 10.3. The Bertz CT molecular complexity index is 1880. The molecule has 0 aliphatic rings. The van der Waals surface area contributed by atoms with Crippen LogP contribution in [0.1, 0.15) is 21.5 Å². The van der Waals surface area contributed by atoms with Gasteiger partial charge in [-0.05, 0) is 73.5 Å². The number of nitrogens with one attached hydrogen (secondary N) is 3. The van der Waals surface area contributed by atoms with Crippen LogP contribution in [0.5, 0.6) is 28.7 Å². The number of ether oxygens (including phenoxy) is 5. The predicted molar refractivity (Wildman–Crippen MR) is 176 cm³/mol. The van der Waals surface area contributed by atoms with Crippen molar-refractivity contribution in [3.8, 4) is 28.7 Å². The van der Waals surface area contributed by atoms with Gasteiger partial charge in [0.15, 0.2) is 23.0 Å². The minimum Gasteiger partial charge on any atom is -0.493 e. The van der Waals surface area contributed by atoms with Crippen molar-refractivity contribution in [1.82, 2.24) is 10.3 Å². The number of pyridine rings is 1. The van der Waals surface area contributed by atoms with Gasteiger partial charge in [0.2, 0.25) is 11.2 Å². The van der Waals surface area contributed by atoms with E-state index < -0.39 is 0 Å². The second-order valence-corrected chi connectivity index (χ2v) is 10.3. The van der Waals surface area contributed by atoms with Crippen LogP contribution >= 0.6 is 0 Å². The first kappa shape index (κ1) is 31.2. The van der Waals surface area contributed by atoms with Crippen molar-refractivity contribution in [1.29, 1.82) is 0 Å². The molecule has 4 aromatic carbocycles. The van der Waals surface area contributed by atoms with Gasteiger partial charge in [-0.1, -0.05) is 24.3 Å². The molecule has 5 aromatic rings. The van der Waals surface area contributed by atoms with Crippen LogP contribution in [0.2, 0.25) is 0 Å². The fraction of sp³-hybridized carbons (Fsp3) is 0.257. The van der Waals surface area contributed by atoms with Crippen LogP contribution in [0.25, 0.3) is 21.8 Å². The van der Waals surface area contributed by atoms with E-state index in [0.717, 1.165) is 43.0 Å². The van der Waals surface area contributed by atoms with Gasteiger partial charge in [-0.3, -0.25) is 9.59 Å². The monoisotopic (exact) mass is 611 g/mol. The number of fused-ring (bicyclic) bond motifs is 2. The lowest BCUT2D eigenvalue weighted by Crippen LogP contribution is -2.20. The maximum absolute atomic E-state index is 13.6. The van der Waals surface area contributed by atoms with E-state index in [0.29, 0.717) is 44.6 Å². The maximum atomic E-state index is 13.6. The summed E-state index contributed by atoms with van der Waals surface area (Å²) in [6.45, 7) is 1.65. The van der Waals surface area contributed by atoms with Crippen LogP contribution in [0.15, 0.2) is 71.5 Å². The number of hydrogen-bond donors (Lipinski definition) is 3. The van der Waals surface area contributed by atoms with Gasteiger partial charge in [0.25, 0.3) is 5.91 Å². The summed E-state index contributed by atoms with van der Waals surface area (Å²) in [5, 5.41) is 7.10. The van der Waals surface area contributed by atoms with Gasteiger partial charge in [0.05, 0.1) is 57.5 Å². The van der Waals surface area contributed by atoms with E-state index >= 15 is 0 Å². The third-order valence-corrected chi connectivity index (χ3v) is 7.71. The molecule has 0 atom stereocenters. The van der Waals surface area contributed by atoms with Crippen molar-refractivity contribution >= 4 is 33.4 Å². The summed E-state index contributed by atoms with van der Waals surface area (Å²) in [7, 11) is 7.72. The number of carbonyl (C=O) groups excluding carboxylic acids is 1. The number of H-pyrrole nitrogens is 1. The van der Waals surface area contributed by atoms with Crippen molar-refractivity contribution in [2.24, 2.45) is 0 Å². The lowest BCUT2D eigenvalue weighted by atomic mass is 10.0. The number of hydrogen-bond acceptors (Lipinski definition) is 8. The Hall–Kier alpha value is -5.22. The molecule has 0 spiro atoms. The third kappa shape index (κ3) is 6.51. The number of para-hydroxylation sites is 1. The van der Waals surface area contributed by atoms with Gasteiger partial charge in [-0.25, -0.2) is 0 Å². The number of aromatic amines is 1. The van der Waals surface area contributed by atoms with Crippen LogP contribution in [-0.2, 0) is 12.8 Å². The van der Waals surface area contributed by atoms with E-state index in [4.69, 9.17) is 23.7 Å². The van der Waals surface area contributed by atoms with Gasteiger partial charge >= 0.3 is 0 Å². The highest BCUT2D eigenvalue weighted by molar-refractivity contribution is 6.13. The molecule has 3 N–H and O–H groups in total. The first-order chi connectivity index (χ1) is 21.9. The van der Waals surface area contributed by atoms with E-state index in [1.165, 1.54) is 26.9 Å². The molecule has 234 valence electrons. The highest BCUT2D eigenvalue weighted by Gasteiger charge is 2.22. The smallest absolute Gasteiger partial charge is 0.257 e. The predicted octanol–water partition coefficient (Wildman–Crippen LogP) is 5.35. The lowest BCUT2D eigenvalue weighted by Gasteiger charge is -2.15. The summed E-state index contributed by atoms with van der Waals surface area (Å²) in [4.78, 5) is 30.3. The highest BCUT2D eigenvalue weighted by atomic mass is 16.5. The van der Waals surface area contributed by atoms with Gasteiger partial charge in [-0.2, -0.15) is 0 Å². The van der Waals surface area contributed by atoms with Crippen molar-refractivity contribution < 1.29 is 28.5 Å². The highest BCUT2D eigenvalue weighted by Crippen LogP contribution is 2.42. The van der Waals surface area contributed by atoms with Crippen LogP contribution in [0.3, 0.4) is 0 Å². The average molecular weight is 612 g/mol.